The topological polar surface area (TPSA) is 82.1 Å². The average Bonchev–Trinajstić information content (AvgIpc) is 2.54. The van der Waals surface area contributed by atoms with Crippen LogP contribution in [-0.2, 0) is 4.79 Å². The van der Waals surface area contributed by atoms with Gasteiger partial charge in [0.25, 0.3) is 5.91 Å². The molecule has 0 radical (unpaired) electrons. The van der Waals surface area contributed by atoms with Gasteiger partial charge in [-0.1, -0.05) is 18.2 Å². The minimum Gasteiger partial charge on any atom is -0.343 e. The van der Waals surface area contributed by atoms with Gasteiger partial charge in [0.1, 0.15) is 5.82 Å². The van der Waals surface area contributed by atoms with Crippen molar-refractivity contribution >= 4 is 23.2 Å². The van der Waals surface area contributed by atoms with Crippen LogP contribution in [0.5, 0.6) is 0 Å². The van der Waals surface area contributed by atoms with Gasteiger partial charge in [0, 0.05) is 22.5 Å². The molecule has 2 amide bonds. The summed E-state index contributed by atoms with van der Waals surface area (Å²) in [6.07, 6.45) is 0. The number of anilines is 1. The predicted molar refractivity (Wildman–Crippen MR) is 86.3 cm³/mol. The van der Waals surface area contributed by atoms with E-state index >= 15 is 0 Å². The van der Waals surface area contributed by atoms with Crippen LogP contribution in [0.3, 0.4) is 0 Å². The molecule has 0 atom stereocenters. The van der Waals surface area contributed by atoms with Crippen molar-refractivity contribution in [2.75, 3.05) is 11.9 Å². The summed E-state index contributed by atoms with van der Waals surface area (Å²) >= 11 is 0. The van der Waals surface area contributed by atoms with Gasteiger partial charge in [-0.05, 0) is 37.3 Å². The zero-order chi connectivity index (χ0) is 16.8. The molecule has 0 aliphatic carbocycles. The van der Waals surface area contributed by atoms with Crippen molar-refractivity contribution in [3.05, 3.63) is 65.5 Å². The average molecular weight is 313 g/mol. The zero-order valence-electron chi connectivity index (χ0n) is 12.5. The number of hydrogen-bond acceptors (Lipinski definition) is 3. The molecule has 2 aromatic rings. The van der Waals surface area contributed by atoms with Crippen LogP contribution in [0.15, 0.2) is 48.5 Å². The van der Waals surface area contributed by atoms with Gasteiger partial charge >= 0.3 is 0 Å². The van der Waals surface area contributed by atoms with Gasteiger partial charge in [0.15, 0.2) is 0 Å². The van der Waals surface area contributed by atoms with Gasteiger partial charge in [-0.3, -0.25) is 9.59 Å². The van der Waals surface area contributed by atoms with E-state index in [2.05, 4.69) is 10.6 Å². The van der Waals surface area contributed by atoms with Gasteiger partial charge in [-0.15, -0.1) is 0 Å². The highest BCUT2D eigenvalue weighted by molar-refractivity contribution is 6.09. The van der Waals surface area contributed by atoms with E-state index < -0.39 is 17.6 Å². The summed E-state index contributed by atoms with van der Waals surface area (Å²) in [5, 5.41) is 12.7. The van der Waals surface area contributed by atoms with E-state index in [-0.39, 0.29) is 12.3 Å². The molecule has 0 unspecified atom stereocenters. The molecule has 6 heteroatoms. The highest BCUT2D eigenvalue weighted by Gasteiger charge is 2.13. The monoisotopic (exact) mass is 313 g/mol. The number of nitrogens with one attached hydrogen (secondary N) is 3. The summed E-state index contributed by atoms with van der Waals surface area (Å²) in [6, 6.07) is 12.0. The molecule has 0 fully saturated rings. The van der Waals surface area contributed by atoms with Crippen molar-refractivity contribution in [2.45, 2.75) is 6.92 Å². The van der Waals surface area contributed by atoms with Crippen molar-refractivity contribution < 1.29 is 14.0 Å². The van der Waals surface area contributed by atoms with E-state index in [1.807, 2.05) is 0 Å². The van der Waals surface area contributed by atoms with Crippen molar-refractivity contribution in [1.29, 1.82) is 5.41 Å². The van der Waals surface area contributed by atoms with Crippen LogP contribution in [0.1, 0.15) is 22.8 Å². The number of halogens is 1. The van der Waals surface area contributed by atoms with Gasteiger partial charge in [0.2, 0.25) is 5.91 Å². The summed E-state index contributed by atoms with van der Waals surface area (Å²) in [6.45, 7) is 1.37. The summed E-state index contributed by atoms with van der Waals surface area (Å²) < 4.78 is 12.8. The summed E-state index contributed by atoms with van der Waals surface area (Å²) in [7, 11) is 0. The molecular weight excluding hydrogens is 297 g/mol. The molecule has 0 aromatic heterocycles. The van der Waals surface area contributed by atoms with Crippen LogP contribution < -0.4 is 10.6 Å². The molecule has 0 saturated heterocycles. The third-order valence-corrected chi connectivity index (χ3v) is 3.11. The fraction of sp³-hybridized carbons (Fsp3) is 0.118. The summed E-state index contributed by atoms with van der Waals surface area (Å²) in [5.41, 5.74) is 1.58. The maximum atomic E-state index is 12.8. The Morgan fingerprint density at radius 2 is 1.65 bits per heavy atom. The number of hydrogen-bond donors (Lipinski definition) is 3. The Bertz CT molecular complexity index is 742. The molecule has 5 nitrogen and oxygen atoms in total. The van der Waals surface area contributed by atoms with Crippen LogP contribution in [0.25, 0.3) is 0 Å². The first-order valence-corrected chi connectivity index (χ1v) is 6.95. The molecular formula is C17H16FN3O2. The zero-order valence-corrected chi connectivity index (χ0v) is 12.5. The highest BCUT2D eigenvalue weighted by Crippen LogP contribution is 2.10. The maximum absolute atomic E-state index is 12.8. The van der Waals surface area contributed by atoms with Gasteiger partial charge < -0.3 is 16.0 Å². The Labute approximate surface area is 133 Å². The fourth-order valence-electron chi connectivity index (χ4n) is 2.00. The first kappa shape index (κ1) is 16.4. The van der Waals surface area contributed by atoms with Crippen molar-refractivity contribution in [2.24, 2.45) is 0 Å². The number of benzene rings is 2. The Kier molecular flexibility index (Phi) is 5.19. The number of carbonyl (C=O) groups excluding carboxylic acids is 2. The predicted octanol–water partition coefficient (Wildman–Crippen LogP) is 2.58. The van der Waals surface area contributed by atoms with E-state index in [0.717, 1.165) is 0 Å². The molecule has 3 N–H and O–H groups in total. The second-order valence-corrected chi connectivity index (χ2v) is 4.91. The summed E-state index contributed by atoms with van der Waals surface area (Å²) in [5.74, 6) is -1.25. The Balaban J connectivity index is 1.95. The lowest BCUT2D eigenvalue weighted by molar-refractivity contribution is -0.115. The summed E-state index contributed by atoms with van der Waals surface area (Å²) in [4.78, 5) is 23.9. The SMILES string of the molecule is CC(=N)c1ccccc1C(=O)NCC(=O)Nc1ccc(F)cc1. The Morgan fingerprint density at radius 1 is 1.04 bits per heavy atom. The fourth-order valence-corrected chi connectivity index (χ4v) is 2.00. The molecule has 0 heterocycles. The molecule has 0 spiro atoms. The second kappa shape index (κ2) is 7.31. The molecule has 0 aliphatic rings. The minimum absolute atomic E-state index is 0.221. The first-order valence-electron chi connectivity index (χ1n) is 6.95. The third kappa shape index (κ3) is 4.47. The van der Waals surface area contributed by atoms with Gasteiger partial charge in [0.05, 0.1) is 6.54 Å². The second-order valence-electron chi connectivity index (χ2n) is 4.91. The maximum Gasteiger partial charge on any atom is 0.252 e. The van der Waals surface area contributed by atoms with E-state index in [0.29, 0.717) is 16.8 Å². The van der Waals surface area contributed by atoms with Crippen LogP contribution in [0.2, 0.25) is 0 Å². The van der Waals surface area contributed by atoms with Crippen LogP contribution >= 0.6 is 0 Å². The molecule has 23 heavy (non-hydrogen) atoms. The highest BCUT2D eigenvalue weighted by atomic mass is 19.1. The van der Waals surface area contributed by atoms with Gasteiger partial charge in [-0.2, -0.15) is 0 Å². The lowest BCUT2D eigenvalue weighted by Crippen LogP contribution is -2.33. The molecule has 0 bridgehead atoms. The standard InChI is InChI=1S/C17H16FN3O2/c1-11(19)14-4-2-3-5-15(14)17(23)20-10-16(22)21-13-8-6-12(18)7-9-13/h2-9,19H,10H2,1H3,(H,20,23)(H,21,22). The van der Waals surface area contributed by atoms with Crippen molar-refractivity contribution in [3.63, 3.8) is 0 Å². The number of amides is 2. The third-order valence-electron chi connectivity index (χ3n) is 3.11. The Morgan fingerprint density at radius 3 is 2.26 bits per heavy atom. The number of carbonyl (C=O) groups is 2. The quantitative estimate of drug-likeness (QED) is 0.742. The smallest absolute Gasteiger partial charge is 0.252 e. The van der Waals surface area contributed by atoms with Crippen LogP contribution in [-0.4, -0.2) is 24.1 Å². The molecule has 0 aliphatic heterocycles. The van der Waals surface area contributed by atoms with E-state index in [1.165, 1.54) is 24.3 Å². The van der Waals surface area contributed by atoms with E-state index in [9.17, 15) is 14.0 Å². The van der Waals surface area contributed by atoms with Gasteiger partial charge in [-0.25, -0.2) is 4.39 Å². The lowest BCUT2D eigenvalue weighted by Gasteiger charge is -2.09. The van der Waals surface area contributed by atoms with E-state index in [1.54, 1.807) is 31.2 Å². The minimum atomic E-state index is -0.429. The normalized spacial score (nSPS) is 10.0. The molecule has 2 aromatic carbocycles. The molecule has 2 rings (SSSR count). The van der Waals surface area contributed by atoms with E-state index in [4.69, 9.17) is 5.41 Å². The molecule has 118 valence electrons. The Hall–Kier alpha value is -3.02. The largest absolute Gasteiger partial charge is 0.343 e. The number of rotatable bonds is 5. The van der Waals surface area contributed by atoms with Crippen molar-refractivity contribution in [3.8, 4) is 0 Å². The van der Waals surface area contributed by atoms with Crippen LogP contribution in [0, 0.1) is 11.2 Å². The first-order chi connectivity index (χ1) is 11.0. The molecule has 0 saturated carbocycles. The lowest BCUT2D eigenvalue weighted by atomic mass is 10.0. The van der Waals surface area contributed by atoms with Crippen LogP contribution in [0.4, 0.5) is 10.1 Å². The van der Waals surface area contributed by atoms with Crippen molar-refractivity contribution in [1.82, 2.24) is 5.32 Å².